The van der Waals surface area contributed by atoms with Crippen molar-refractivity contribution in [2.45, 2.75) is 51.4 Å². The Morgan fingerprint density at radius 2 is 1.83 bits per heavy atom. The molecule has 29 heavy (non-hydrogen) atoms. The first-order valence-electron chi connectivity index (χ1n) is 10.1. The van der Waals surface area contributed by atoms with Gasteiger partial charge in [0.25, 0.3) is 0 Å². The molecule has 0 aliphatic carbocycles. The van der Waals surface area contributed by atoms with Crippen LogP contribution in [0.1, 0.15) is 42.0 Å². The van der Waals surface area contributed by atoms with Crippen LogP contribution < -0.4 is 4.90 Å². The smallest absolute Gasteiger partial charge is 0.164 e. The molecular weight excluding hydrogens is 400 g/mol. The van der Waals surface area contributed by atoms with E-state index >= 15 is 0 Å². The van der Waals surface area contributed by atoms with Gasteiger partial charge in [-0.1, -0.05) is 61.5 Å². The van der Waals surface area contributed by atoms with Crippen molar-refractivity contribution in [1.82, 2.24) is 0 Å². The summed E-state index contributed by atoms with van der Waals surface area (Å²) in [6, 6.07) is 15.1. The minimum atomic E-state index is -2.95. The maximum Gasteiger partial charge on any atom is 0.164 e. The van der Waals surface area contributed by atoms with Gasteiger partial charge < -0.3 is 4.90 Å². The van der Waals surface area contributed by atoms with Crippen molar-refractivity contribution in [3.05, 3.63) is 64.7 Å². The first kappa shape index (κ1) is 20.5. The summed E-state index contributed by atoms with van der Waals surface area (Å²) in [5, 5.41) is 0.985. The zero-order chi connectivity index (χ0) is 20.8. The van der Waals surface area contributed by atoms with Crippen LogP contribution in [0.25, 0.3) is 0 Å². The van der Waals surface area contributed by atoms with Gasteiger partial charge in [-0.05, 0) is 48.6 Å². The number of nitrogens with zero attached hydrogens (tertiary/aromatic N) is 2. The third-order valence-corrected chi connectivity index (χ3v) is 8.99. The quantitative estimate of drug-likeness (QED) is 0.708. The summed E-state index contributed by atoms with van der Waals surface area (Å²) in [5.74, 6) is 0.899. The fraction of sp³-hybridized carbons (Fsp3) is 0.435. The van der Waals surface area contributed by atoms with Crippen LogP contribution in [0.15, 0.2) is 47.5 Å². The highest BCUT2D eigenvalue weighted by Gasteiger charge is 2.44. The third kappa shape index (κ3) is 4.38. The Morgan fingerprint density at radius 3 is 2.48 bits per heavy atom. The Labute approximate surface area is 178 Å². The monoisotopic (exact) mass is 428 g/mol. The van der Waals surface area contributed by atoms with Crippen LogP contribution in [0.4, 0.5) is 5.69 Å². The minimum Gasteiger partial charge on any atom is -0.317 e. The van der Waals surface area contributed by atoms with Gasteiger partial charge in [-0.3, -0.25) is 4.99 Å². The number of hydrogen-bond acceptors (Lipinski definition) is 5. The van der Waals surface area contributed by atoms with Crippen LogP contribution in [-0.4, -0.2) is 36.4 Å². The van der Waals surface area contributed by atoms with E-state index in [0.29, 0.717) is 5.92 Å². The van der Waals surface area contributed by atoms with Crippen molar-refractivity contribution in [3.63, 3.8) is 0 Å². The molecule has 1 fully saturated rings. The van der Waals surface area contributed by atoms with Gasteiger partial charge in [0.15, 0.2) is 15.0 Å². The first-order valence-corrected chi connectivity index (χ1v) is 12.8. The molecule has 2 aromatic rings. The molecule has 4 nitrogen and oxygen atoms in total. The van der Waals surface area contributed by atoms with E-state index in [1.807, 2.05) is 0 Å². The first-order chi connectivity index (χ1) is 13.7. The highest BCUT2D eigenvalue weighted by atomic mass is 32.2. The maximum absolute atomic E-state index is 12.0. The molecule has 0 bridgehead atoms. The number of thioether (sulfide) groups is 1. The minimum absolute atomic E-state index is 0.0473. The predicted octanol–water partition coefficient (Wildman–Crippen LogP) is 4.70. The molecular formula is C23H28N2O2S2. The molecule has 1 saturated heterocycles. The molecule has 0 unspecified atom stereocenters. The van der Waals surface area contributed by atoms with Gasteiger partial charge in [0.1, 0.15) is 0 Å². The van der Waals surface area contributed by atoms with Crippen molar-refractivity contribution in [2.24, 2.45) is 4.99 Å². The summed E-state index contributed by atoms with van der Waals surface area (Å²) in [6.45, 7) is 9.37. The number of fused-ring (bicyclic) bond motifs is 1. The standard InChI is InChI=1S/C23H28N2O2S2/c1-15(2)18-7-9-20(10-8-18)25(12-19-11-16(3)5-6-17(19)4)23-24-21-13-29(26,27)14-22(21)28-23/h5-11,15,21-22H,12-14H2,1-4H3/t21-,22+/m1/s1. The lowest BCUT2D eigenvalue weighted by molar-refractivity contribution is 0.601. The van der Waals surface area contributed by atoms with E-state index in [-0.39, 0.29) is 22.8 Å². The molecule has 0 radical (unpaired) electrons. The zero-order valence-corrected chi connectivity index (χ0v) is 19.1. The summed E-state index contributed by atoms with van der Waals surface area (Å²) >= 11 is 1.62. The fourth-order valence-electron chi connectivity index (χ4n) is 3.92. The molecule has 154 valence electrons. The summed E-state index contributed by atoms with van der Waals surface area (Å²) in [5.41, 5.74) is 6.18. The van der Waals surface area contributed by atoms with E-state index in [9.17, 15) is 8.42 Å². The second kappa shape index (κ2) is 7.80. The predicted molar refractivity (Wildman–Crippen MR) is 124 cm³/mol. The van der Waals surface area contributed by atoms with E-state index in [2.05, 4.69) is 75.1 Å². The van der Waals surface area contributed by atoms with Gasteiger partial charge in [-0.25, -0.2) is 8.42 Å². The van der Waals surface area contributed by atoms with Gasteiger partial charge in [0, 0.05) is 10.9 Å². The average Bonchev–Trinajstić information content (AvgIpc) is 3.15. The fourth-order valence-corrected chi connectivity index (χ4v) is 7.70. The van der Waals surface area contributed by atoms with Crippen molar-refractivity contribution in [1.29, 1.82) is 0 Å². The van der Waals surface area contributed by atoms with Crippen LogP contribution in [0.5, 0.6) is 0 Å². The average molecular weight is 429 g/mol. The van der Waals surface area contributed by atoms with Crippen molar-refractivity contribution in [3.8, 4) is 0 Å². The number of sulfone groups is 1. The van der Waals surface area contributed by atoms with Gasteiger partial charge in [0.2, 0.25) is 0 Å². The molecule has 0 spiro atoms. The zero-order valence-electron chi connectivity index (χ0n) is 17.4. The molecule has 4 rings (SSSR count). The van der Waals surface area contributed by atoms with Crippen molar-refractivity contribution in [2.75, 3.05) is 16.4 Å². The number of hydrogen-bond donors (Lipinski definition) is 0. The van der Waals surface area contributed by atoms with E-state index < -0.39 is 9.84 Å². The number of rotatable bonds is 4. The highest BCUT2D eigenvalue weighted by Crippen LogP contribution is 2.37. The Bertz CT molecular complexity index is 1040. The van der Waals surface area contributed by atoms with Crippen LogP contribution in [-0.2, 0) is 16.4 Å². The second-order valence-electron chi connectivity index (χ2n) is 8.47. The normalized spacial score (nSPS) is 22.6. The van der Waals surface area contributed by atoms with Gasteiger partial charge in [-0.2, -0.15) is 0 Å². The maximum atomic E-state index is 12.0. The number of aryl methyl sites for hydroxylation is 2. The number of benzene rings is 2. The summed E-state index contributed by atoms with van der Waals surface area (Å²) in [7, 11) is -2.95. The number of aliphatic imine (C=N–C) groups is 1. The molecule has 0 aromatic heterocycles. The molecule has 0 amide bonds. The largest absolute Gasteiger partial charge is 0.317 e. The van der Waals surface area contributed by atoms with Crippen molar-refractivity contribution < 1.29 is 8.42 Å². The molecule has 2 aliphatic heterocycles. The Morgan fingerprint density at radius 1 is 1.10 bits per heavy atom. The Kier molecular flexibility index (Phi) is 5.51. The topological polar surface area (TPSA) is 49.7 Å². The second-order valence-corrected chi connectivity index (χ2v) is 11.8. The summed E-state index contributed by atoms with van der Waals surface area (Å²) in [4.78, 5) is 7.11. The number of anilines is 1. The highest BCUT2D eigenvalue weighted by molar-refractivity contribution is 8.15. The van der Waals surface area contributed by atoms with E-state index in [1.54, 1.807) is 11.8 Å². The summed E-state index contributed by atoms with van der Waals surface area (Å²) < 4.78 is 23.9. The van der Waals surface area contributed by atoms with Crippen LogP contribution in [0.2, 0.25) is 0 Å². The van der Waals surface area contributed by atoms with Crippen LogP contribution >= 0.6 is 11.8 Å². The van der Waals surface area contributed by atoms with Gasteiger partial charge >= 0.3 is 0 Å². The van der Waals surface area contributed by atoms with Gasteiger partial charge in [-0.15, -0.1) is 0 Å². The van der Waals surface area contributed by atoms with E-state index in [0.717, 1.165) is 17.4 Å². The lowest BCUT2D eigenvalue weighted by atomic mass is 10.0. The Balaban J connectivity index is 1.69. The third-order valence-electron chi connectivity index (χ3n) is 5.74. The molecule has 2 aliphatic rings. The molecule has 6 heteroatoms. The van der Waals surface area contributed by atoms with Gasteiger partial charge in [0.05, 0.1) is 24.1 Å². The van der Waals surface area contributed by atoms with Crippen LogP contribution in [0.3, 0.4) is 0 Å². The molecule has 2 atom stereocenters. The molecule has 0 N–H and O–H groups in total. The van der Waals surface area contributed by atoms with E-state index in [1.165, 1.54) is 22.3 Å². The lowest BCUT2D eigenvalue weighted by Gasteiger charge is -2.26. The van der Waals surface area contributed by atoms with Crippen LogP contribution in [0, 0.1) is 13.8 Å². The van der Waals surface area contributed by atoms with E-state index in [4.69, 9.17) is 4.99 Å². The summed E-state index contributed by atoms with van der Waals surface area (Å²) in [6.07, 6.45) is 0. The SMILES string of the molecule is Cc1ccc(C)c(CN(C2=N[C@@H]3CS(=O)(=O)C[C@@H]3S2)c2ccc(C(C)C)cc2)c1. The number of amidine groups is 1. The molecule has 2 heterocycles. The lowest BCUT2D eigenvalue weighted by Crippen LogP contribution is -2.28. The molecule has 2 aromatic carbocycles. The van der Waals surface area contributed by atoms with Crippen molar-refractivity contribution >= 4 is 32.5 Å². The Hall–Kier alpha value is -1.79. The molecule has 0 saturated carbocycles.